The van der Waals surface area contributed by atoms with Gasteiger partial charge in [-0.15, -0.1) is 0 Å². The van der Waals surface area contributed by atoms with Gasteiger partial charge in [0.15, 0.2) is 5.69 Å². The number of nitrogens with one attached hydrogen (secondary N) is 1. The van der Waals surface area contributed by atoms with Crippen molar-refractivity contribution in [3.05, 3.63) is 11.4 Å². The lowest BCUT2D eigenvalue weighted by atomic mass is 10.3. The zero-order chi connectivity index (χ0) is 9.26. The average Bonchev–Trinajstić information content (AvgIpc) is 2.72. The first kappa shape index (κ1) is 8.22. The van der Waals surface area contributed by atoms with Gasteiger partial charge in [-0.25, -0.2) is 0 Å². The maximum atomic E-state index is 11.7. The van der Waals surface area contributed by atoms with Crippen LogP contribution in [-0.4, -0.2) is 39.3 Å². The predicted octanol–water partition coefficient (Wildman–Crippen LogP) is 0.349. The molecule has 0 saturated carbocycles. The van der Waals surface area contributed by atoms with Gasteiger partial charge in [0.25, 0.3) is 5.91 Å². The molecule has 1 aromatic rings. The van der Waals surface area contributed by atoms with Gasteiger partial charge >= 0.3 is 0 Å². The molecule has 1 saturated heterocycles. The van der Waals surface area contributed by atoms with Crippen LogP contribution in [0.3, 0.4) is 0 Å². The average molecular weight is 180 g/mol. The Hall–Kier alpha value is -1.39. The minimum Gasteiger partial charge on any atom is -0.337 e. The maximum absolute atomic E-state index is 11.7. The first-order chi connectivity index (χ1) is 6.29. The van der Waals surface area contributed by atoms with Crippen LogP contribution in [0.2, 0.25) is 0 Å². The Labute approximate surface area is 76.1 Å². The molecule has 1 aliphatic rings. The molecule has 5 nitrogen and oxygen atoms in total. The Balaban J connectivity index is 2.17. The Morgan fingerprint density at radius 2 is 2.08 bits per heavy atom. The standard InChI is InChI=1S/C8H12N4O/c1-6-7(10-11-9-6)8(13)12-4-2-3-5-12/h2-5H2,1H3,(H,9,10,11). The molecule has 1 fully saturated rings. The van der Waals surface area contributed by atoms with Gasteiger partial charge in [0.1, 0.15) is 0 Å². The Morgan fingerprint density at radius 3 is 2.62 bits per heavy atom. The third kappa shape index (κ3) is 1.41. The first-order valence-corrected chi connectivity index (χ1v) is 4.45. The predicted molar refractivity (Wildman–Crippen MR) is 46.3 cm³/mol. The number of amides is 1. The molecule has 0 aromatic carbocycles. The molecule has 0 radical (unpaired) electrons. The highest BCUT2D eigenvalue weighted by Gasteiger charge is 2.22. The number of hydrogen-bond acceptors (Lipinski definition) is 3. The lowest BCUT2D eigenvalue weighted by molar-refractivity contribution is 0.0786. The third-order valence-corrected chi connectivity index (χ3v) is 2.32. The van der Waals surface area contributed by atoms with Crippen molar-refractivity contribution < 1.29 is 4.79 Å². The second-order valence-electron chi connectivity index (χ2n) is 3.26. The lowest BCUT2D eigenvalue weighted by Crippen LogP contribution is -2.28. The van der Waals surface area contributed by atoms with Crippen LogP contribution in [0.4, 0.5) is 0 Å². The second-order valence-corrected chi connectivity index (χ2v) is 3.26. The summed E-state index contributed by atoms with van der Waals surface area (Å²) in [5.74, 6) is 0.00347. The highest BCUT2D eigenvalue weighted by molar-refractivity contribution is 5.93. The second kappa shape index (κ2) is 3.16. The van der Waals surface area contributed by atoms with Gasteiger partial charge in [0, 0.05) is 13.1 Å². The van der Waals surface area contributed by atoms with Crippen molar-refractivity contribution in [3.63, 3.8) is 0 Å². The van der Waals surface area contributed by atoms with Crippen LogP contribution in [0, 0.1) is 6.92 Å². The zero-order valence-corrected chi connectivity index (χ0v) is 7.58. The Morgan fingerprint density at radius 1 is 1.38 bits per heavy atom. The molecular weight excluding hydrogens is 168 g/mol. The quantitative estimate of drug-likeness (QED) is 0.678. The molecule has 1 amide bonds. The van der Waals surface area contributed by atoms with Gasteiger partial charge in [-0.2, -0.15) is 15.4 Å². The summed E-state index contributed by atoms with van der Waals surface area (Å²) in [6, 6.07) is 0. The van der Waals surface area contributed by atoms with E-state index in [2.05, 4.69) is 15.4 Å². The minimum absolute atomic E-state index is 0.00347. The van der Waals surface area contributed by atoms with Gasteiger partial charge in [0.05, 0.1) is 5.69 Å². The van der Waals surface area contributed by atoms with Crippen LogP contribution in [0.5, 0.6) is 0 Å². The highest BCUT2D eigenvalue weighted by atomic mass is 16.2. The minimum atomic E-state index is 0.00347. The fourth-order valence-electron chi connectivity index (χ4n) is 1.56. The molecule has 0 unspecified atom stereocenters. The van der Waals surface area contributed by atoms with E-state index in [0.717, 1.165) is 25.9 Å². The van der Waals surface area contributed by atoms with Crippen LogP contribution in [0.1, 0.15) is 29.0 Å². The number of aromatic amines is 1. The summed E-state index contributed by atoms with van der Waals surface area (Å²) in [5, 5.41) is 10.1. The number of aryl methyl sites for hydroxylation is 1. The van der Waals surface area contributed by atoms with Gasteiger partial charge in [-0.3, -0.25) is 4.79 Å². The van der Waals surface area contributed by atoms with Crippen molar-refractivity contribution in [1.29, 1.82) is 0 Å². The highest BCUT2D eigenvalue weighted by Crippen LogP contribution is 2.12. The van der Waals surface area contributed by atoms with Crippen LogP contribution >= 0.6 is 0 Å². The van der Waals surface area contributed by atoms with Crippen molar-refractivity contribution in [2.75, 3.05) is 13.1 Å². The number of carbonyl (C=O) groups is 1. The summed E-state index contributed by atoms with van der Waals surface area (Å²) in [4.78, 5) is 13.6. The van der Waals surface area contributed by atoms with Crippen molar-refractivity contribution in [2.45, 2.75) is 19.8 Å². The van der Waals surface area contributed by atoms with E-state index in [9.17, 15) is 4.79 Å². The van der Waals surface area contributed by atoms with E-state index >= 15 is 0 Å². The Kier molecular flexibility index (Phi) is 2.00. The fourth-order valence-corrected chi connectivity index (χ4v) is 1.56. The molecule has 1 aliphatic heterocycles. The maximum Gasteiger partial charge on any atom is 0.276 e. The number of H-pyrrole nitrogens is 1. The van der Waals surface area contributed by atoms with Gasteiger partial charge < -0.3 is 4.90 Å². The monoisotopic (exact) mass is 180 g/mol. The third-order valence-electron chi connectivity index (χ3n) is 2.32. The van der Waals surface area contributed by atoms with Crippen molar-refractivity contribution >= 4 is 5.91 Å². The number of aromatic nitrogens is 3. The molecule has 0 bridgehead atoms. The van der Waals surface area contributed by atoms with Crippen LogP contribution in [-0.2, 0) is 0 Å². The molecule has 0 spiro atoms. The molecule has 1 N–H and O–H groups in total. The smallest absolute Gasteiger partial charge is 0.276 e. The number of carbonyl (C=O) groups excluding carboxylic acids is 1. The number of nitrogens with zero attached hydrogens (tertiary/aromatic N) is 3. The summed E-state index contributed by atoms with van der Waals surface area (Å²) in [5.41, 5.74) is 1.14. The molecule has 0 aliphatic carbocycles. The van der Waals surface area contributed by atoms with Crippen LogP contribution in [0.25, 0.3) is 0 Å². The van der Waals surface area contributed by atoms with Gasteiger partial charge in [-0.05, 0) is 19.8 Å². The van der Waals surface area contributed by atoms with Crippen molar-refractivity contribution in [2.24, 2.45) is 0 Å². The molecule has 1 aromatic heterocycles. The molecule has 70 valence electrons. The topological polar surface area (TPSA) is 61.9 Å². The summed E-state index contributed by atoms with van der Waals surface area (Å²) in [6.07, 6.45) is 2.20. The van der Waals surface area contributed by atoms with Crippen LogP contribution < -0.4 is 0 Å². The zero-order valence-electron chi connectivity index (χ0n) is 7.58. The molecule has 5 heteroatoms. The fraction of sp³-hybridized carbons (Fsp3) is 0.625. The normalized spacial score (nSPS) is 16.5. The van der Waals surface area contributed by atoms with E-state index in [1.54, 1.807) is 6.92 Å². The number of hydrogen-bond donors (Lipinski definition) is 1. The first-order valence-electron chi connectivity index (χ1n) is 4.45. The van der Waals surface area contributed by atoms with E-state index in [1.165, 1.54) is 0 Å². The molecule has 13 heavy (non-hydrogen) atoms. The van der Waals surface area contributed by atoms with Crippen LogP contribution in [0.15, 0.2) is 0 Å². The Bertz CT molecular complexity index is 314. The van der Waals surface area contributed by atoms with E-state index in [-0.39, 0.29) is 5.91 Å². The SMILES string of the molecule is Cc1n[nH]nc1C(=O)N1CCCC1. The molecule has 0 atom stereocenters. The van der Waals surface area contributed by atoms with Gasteiger partial charge in [0.2, 0.25) is 0 Å². The van der Waals surface area contributed by atoms with E-state index in [0.29, 0.717) is 11.4 Å². The number of rotatable bonds is 1. The molecule has 2 heterocycles. The number of likely N-dealkylation sites (tertiary alicyclic amines) is 1. The van der Waals surface area contributed by atoms with E-state index in [4.69, 9.17) is 0 Å². The van der Waals surface area contributed by atoms with Gasteiger partial charge in [-0.1, -0.05) is 0 Å². The van der Waals surface area contributed by atoms with E-state index < -0.39 is 0 Å². The summed E-state index contributed by atoms with van der Waals surface area (Å²) in [7, 11) is 0. The summed E-state index contributed by atoms with van der Waals surface area (Å²) < 4.78 is 0. The lowest BCUT2D eigenvalue weighted by Gasteiger charge is -2.12. The van der Waals surface area contributed by atoms with E-state index in [1.807, 2.05) is 4.90 Å². The van der Waals surface area contributed by atoms with Crippen molar-refractivity contribution in [1.82, 2.24) is 20.3 Å². The summed E-state index contributed by atoms with van der Waals surface area (Å²) in [6.45, 7) is 3.49. The molecular formula is C8H12N4O. The largest absolute Gasteiger partial charge is 0.337 e. The summed E-state index contributed by atoms with van der Waals surface area (Å²) >= 11 is 0. The van der Waals surface area contributed by atoms with Crippen molar-refractivity contribution in [3.8, 4) is 0 Å². The molecule has 2 rings (SSSR count).